The van der Waals surface area contributed by atoms with Crippen molar-refractivity contribution in [2.45, 2.75) is 24.7 Å². The molecule has 7 nitrogen and oxygen atoms in total. The Hall–Kier alpha value is -6.13. The summed E-state index contributed by atoms with van der Waals surface area (Å²) < 4.78 is 161. The molecule has 232 valence electrons. The lowest BCUT2D eigenvalue weighted by Gasteiger charge is -2.14. The third-order valence-electron chi connectivity index (χ3n) is 5.80. The molecule has 0 saturated heterocycles. The number of hydrogen-bond acceptors (Lipinski definition) is 7. The normalized spacial score (nSPS) is 13.4. The fraction of sp³-hybridized carbons (Fsp3) is 0.148. The highest BCUT2D eigenvalue weighted by molar-refractivity contribution is 5.82. The standard InChI is InChI=1S/C27H5F12N7/c28-24(29,30)19-2-11(3-20(45-19)25(31,32)33)15(7-41)14-1-13(6-40)23(18(10-44)17(14)9-43)16(8-42)12-4-21(26(34,35)36)46-22(5-12)27(37,38)39/h1-5H/b15-14+,23-16+. The number of halogens is 12. The highest BCUT2D eigenvalue weighted by Crippen LogP contribution is 2.36. The number of benzene rings is 1. The molecule has 0 aliphatic rings. The molecule has 0 amide bonds. The van der Waals surface area contributed by atoms with Crippen molar-refractivity contribution in [2.75, 3.05) is 0 Å². The van der Waals surface area contributed by atoms with E-state index in [1.807, 2.05) is 0 Å². The van der Waals surface area contributed by atoms with Crippen LogP contribution in [0.25, 0.3) is 11.1 Å². The molecule has 0 fully saturated rings. The average Bonchev–Trinajstić information content (AvgIpc) is 2.95. The molecule has 0 radical (unpaired) electrons. The van der Waals surface area contributed by atoms with Gasteiger partial charge in [-0.1, -0.05) is 0 Å². The third kappa shape index (κ3) is 6.67. The van der Waals surface area contributed by atoms with E-state index in [0.717, 1.165) is 0 Å². The molecule has 0 aliphatic heterocycles. The van der Waals surface area contributed by atoms with Gasteiger partial charge in [-0.3, -0.25) is 0 Å². The molecule has 2 aromatic heterocycles. The van der Waals surface area contributed by atoms with E-state index in [-0.39, 0.29) is 24.3 Å². The van der Waals surface area contributed by atoms with Crippen LogP contribution in [-0.2, 0) is 24.7 Å². The predicted octanol–water partition coefficient (Wildman–Crippen LogP) is 5.61. The number of hydrogen-bond donors (Lipinski definition) is 0. The number of pyridine rings is 2. The smallest absolute Gasteiger partial charge is 0.239 e. The lowest BCUT2D eigenvalue weighted by molar-refractivity contribution is -0.151. The van der Waals surface area contributed by atoms with Gasteiger partial charge in [0.05, 0.1) is 33.9 Å². The van der Waals surface area contributed by atoms with Crippen molar-refractivity contribution >= 4 is 11.1 Å². The Morgan fingerprint density at radius 1 is 0.478 bits per heavy atom. The van der Waals surface area contributed by atoms with Crippen LogP contribution < -0.4 is 10.4 Å². The van der Waals surface area contributed by atoms with Gasteiger partial charge in [-0.05, 0) is 41.5 Å². The van der Waals surface area contributed by atoms with Gasteiger partial charge < -0.3 is 0 Å². The Morgan fingerprint density at radius 3 is 1.11 bits per heavy atom. The summed E-state index contributed by atoms with van der Waals surface area (Å²) in [5.74, 6) is 0. The Morgan fingerprint density at radius 2 is 0.826 bits per heavy atom. The van der Waals surface area contributed by atoms with Gasteiger partial charge >= 0.3 is 24.7 Å². The number of aromatic nitrogens is 2. The van der Waals surface area contributed by atoms with Gasteiger partial charge in [0.1, 0.15) is 47.1 Å². The molecular formula is C27H5F12N7. The summed E-state index contributed by atoms with van der Waals surface area (Å²) in [6.07, 6.45) is -22.0. The van der Waals surface area contributed by atoms with Gasteiger partial charge in [0, 0.05) is 10.4 Å². The molecule has 46 heavy (non-hydrogen) atoms. The average molecular weight is 655 g/mol. The van der Waals surface area contributed by atoms with Crippen molar-refractivity contribution in [2.24, 2.45) is 0 Å². The second-order valence-corrected chi connectivity index (χ2v) is 8.65. The summed E-state index contributed by atoms with van der Waals surface area (Å²) in [7, 11) is 0. The lowest BCUT2D eigenvalue weighted by atomic mass is 9.91. The molecule has 0 saturated carbocycles. The highest BCUT2D eigenvalue weighted by Gasteiger charge is 2.40. The molecule has 3 rings (SSSR count). The highest BCUT2D eigenvalue weighted by atomic mass is 19.4. The van der Waals surface area contributed by atoms with Crippen molar-refractivity contribution in [3.05, 3.63) is 91.4 Å². The van der Waals surface area contributed by atoms with E-state index in [4.69, 9.17) is 0 Å². The van der Waals surface area contributed by atoms with Crippen LogP contribution in [0.4, 0.5) is 52.7 Å². The van der Waals surface area contributed by atoms with E-state index >= 15 is 0 Å². The number of alkyl halides is 12. The van der Waals surface area contributed by atoms with E-state index in [1.54, 1.807) is 0 Å². The second-order valence-electron chi connectivity index (χ2n) is 8.65. The maximum absolute atomic E-state index is 13.4. The van der Waals surface area contributed by atoms with E-state index < -0.39 is 96.9 Å². The van der Waals surface area contributed by atoms with Gasteiger partial charge in [0.2, 0.25) is 0 Å². The van der Waals surface area contributed by atoms with Gasteiger partial charge in [0.15, 0.2) is 0 Å². The van der Waals surface area contributed by atoms with E-state index in [1.165, 1.54) is 30.3 Å². The molecule has 0 N–H and O–H groups in total. The zero-order valence-corrected chi connectivity index (χ0v) is 21.6. The first kappa shape index (κ1) is 34.4. The topological polar surface area (TPSA) is 145 Å². The summed E-state index contributed by atoms with van der Waals surface area (Å²) in [5, 5.41) is 47.0. The first-order valence-electron chi connectivity index (χ1n) is 11.4. The first-order chi connectivity index (χ1) is 21.1. The monoisotopic (exact) mass is 655 g/mol. The lowest BCUT2D eigenvalue weighted by Crippen LogP contribution is -2.27. The van der Waals surface area contributed by atoms with Crippen molar-refractivity contribution in [3.63, 3.8) is 0 Å². The van der Waals surface area contributed by atoms with Crippen LogP contribution in [0.5, 0.6) is 0 Å². The maximum atomic E-state index is 13.4. The molecule has 0 spiro atoms. The number of rotatable bonds is 2. The minimum absolute atomic E-state index is 0.0118. The SMILES string of the molecule is N#C/C(c1cc(C(F)(F)F)nc(C(F)(F)F)c1)=c1/cc(C#N)/c(=C(/C#N)c2cc(C(F)(F)F)nc(C(F)(F)F)c2)c(C#N)c1C#N. The summed E-state index contributed by atoms with van der Waals surface area (Å²) in [6.45, 7) is 0. The molecule has 3 aromatic rings. The molecule has 19 heteroatoms. The zero-order chi connectivity index (χ0) is 35.0. The van der Waals surface area contributed by atoms with Crippen LogP contribution in [0.3, 0.4) is 0 Å². The van der Waals surface area contributed by atoms with Gasteiger partial charge in [0.25, 0.3) is 0 Å². The van der Waals surface area contributed by atoms with Crippen LogP contribution in [0, 0.1) is 56.7 Å². The van der Waals surface area contributed by atoms with Crippen LogP contribution in [0.15, 0.2) is 30.3 Å². The Labute approximate surface area is 247 Å². The van der Waals surface area contributed by atoms with Crippen LogP contribution in [-0.4, -0.2) is 9.97 Å². The fourth-order valence-corrected chi connectivity index (χ4v) is 3.93. The molecule has 0 aliphatic carbocycles. The second kappa shape index (κ2) is 11.8. The Bertz CT molecular complexity index is 2040. The molecule has 0 unspecified atom stereocenters. The molecule has 0 bridgehead atoms. The van der Waals surface area contributed by atoms with Crippen molar-refractivity contribution in [3.8, 4) is 30.3 Å². The minimum Gasteiger partial charge on any atom is -0.239 e. The van der Waals surface area contributed by atoms with Crippen LogP contribution in [0.1, 0.15) is 50.6 Å². The van der Waals surface area contributed by atoms with E-state index in [2.05, 4.69) is 9.97 Å². The van der Waals surface area contributed by atoms with Gasteiger partial charge in [-0.25, -0.2) is 9.97 Å². The minimum atomic E-state index is -5.51. The molecule has 1 aromatic carbocycles. The number of nitrogens with zero attached hydrogens (tertiary/aromatic N) is 7. The third-order valence-corrected chi connectivity index (χ3v) is 5.80. The van der Waals surface area contributed by atoms with Gasteiger partial charge in [-0.15, -0.1) is 0 Å². The largest absolute Gasteiger partial charge is 0.433 e. The Kier molecular flexibility index (Phi) is 8.78. The van der Waals surface area contributed by atoms with Crippen molar-refractivity contribution < 1.29 is 52.7 Å². The fourth-order valence-electron chi connectivity index (χ4n) is 3.93. The maximum Gasteiger partial charge on any atom is 0.433 e. The predicted molar refractivity (Wildman–Crippen MR) is 125 cm³/mol. The molecule has 2 heterocycles. The summed E-state index contributed by atoms with van der Waals surface area (Å²) >= 11 is 0. The van der Waals surface area contributed by atoms with Crippen LogP contribution >= 0.6 is 0 Å². The number of nitriles is 5. The first-order valence-corrected chi connectivity index (χ1v) is 11.4. The quantitative estimate of drug-likeness (QED) is 0.326. The summed E-state index contributed by atoms with van der Waals surface area (Å²) in [6, 6.07) is 6.86. The van der Waals surface area contributed by atoms with Crippen molar-refractivity contribution in [1.82, 2.24) is 9.97 Å². The van der Waals surface area contributed by atoms with Gasteiger partial charge in [-0.2, -0.15) is 79.0 Å². The summed E-state index contributed by atoms with van der Waals surface area (Å²) in [5.41, 5.74) is -16.5. The van der Waals surface area contributed by atoms with E-state index in [9.17, 15) is 79.0 Å². The molecule has 0 atom stereocenters. The Balaban J connectivity index is 2.69. The van der Waals surface area contributed by atoms with Crippen LogP contribution in [0.2, 0.25) is 0 Å². The van der Waals surface area contributed by atoms with E-state index in [0.29, 0.717) is 6.07 Å². The zero-order valence-electron chi connectivity index (χ0n) is 21.6. The molecular weight excluding hydrogens is 650 g/mol. The summed E-state index contributed by atoms with van der Waals surface area (Å²) in [4.78, 5) is 4.96. The van der Waals surface area contributed by atoms with Crippen molar-refractivity contribution in [1.29, 1.82) is 26.3 Å².